The first-order valence-corrected chi connectivity index (χ1v) is 9.70. The lowest BCUT2D eigenvalue weighted by Crippen LogP contribution is -2.32. The molecule has 0 radical (unpaired) electrons. The third-order valence-electron chi connectivity index (χ3n) is 5.18. The van der Waals surface area contributed by atoms with Gasteiger partial charge >= 0.3 is 0 Å². The van der Waals surface area contributed by atoms with Gasteiger partial charge in [-0.2, -0.15) is 0 Å². The molecule has 1 saturated carbocycles. The lowest BCUT2D eigenvalue weighted by molar-refractivity contribution is 0.217. The smallest absolute Gasteiger partial charge is 0.0138 e. The van der Waals surface area contributed by atoms with E-state index in [1.807, 2.05) is 0 Å². The molecule has 1 nitrogen and oxygen atoms in total. The molecule has 1 aliphatic heterocycles. The van der Waals surface area contributed by atoms with Crippen LogP contribution in [0, 0.1) is 11.8 Å². The molecule has 1 fully saturated rings. The molecule has 3 atom stereocenters. The first-order valence-electron chi connectivity index (χ1n) is 8.82. The first kappa shape index (κ1) is 15.4. The average molecular weight is 304 g/mol. The van der Waals surface area contributed by atoms with E-state index in [1.54, 1.807) is 10.5 Å². The normalized spacial score (nSPS) is 28.5. The fourth-order valence-electron chi connectivity index (χ4n) is 4.05. The summed E-state index contributed by atoms with van der Waals surface area (Å²) in [5.74, 6) is 1.88. The molecule has 1 aromatic rings. The Balaban J connectivity index is 1.53. The maximum absolute atomic E-state index is 3.67. The maximum Gasteiger partial charge on any atom is 0.0138 e. The predicted octanol–water partition coefficient (Wildman–Crippen LogP) is 4.90. The largest absolute Gasteiger partial charge is 0.316 e. The van der Waals surface area contributed by atoms with E-state index in [4.69, 9.17) is 0 Å². The first-order chi connectivity index (χ1) is 10.4. The molecule has 0 spiro atoms. The van der Waals surface area contributed by atoms with Crippen molar-refractivity contribution in [1.82, 2.24) is 5.32 Å². The third kappa shape index (κ3) is 4.04. The Morgan fingerprint density at radius 1 is 1.14 bits per heavy atom. The van der Waals surface area contributed by atoms with Crippen LogP contribution in [-0.2, 0) is 6.42 Å². The van der Waals surface area contributed by atoms with Crippen molar-refractivity contribution in [3.05, 3.63) is 29.8 Å². The molecule has 21 heavy (non-hydrogen) atoms. The summed E-state index contributed by atoms with van der Waals surface area (Å²) in [4.78, 5) is 1.54. The van der Waals surface area contributed by atoms with Gasteiger partial charge in [-0.1, -0.05) is 44.4 Å². The molecular weight excluding hydrogens is 274 g/mol. The molecule has 1 N–H and O–H groups in total. The van der Waals surface area contributed by atoms with E-state index in [2.05, 4.69) is 48.3 Å². The molecule has 116 valence electrons. The fraction of sp³-hybridized carbons (Fsp3) is 0.684. The number of fused-ring (bicyclic) bond motifs is 1. The second-order valence-corrected chi connectivity index (χ2v) is 8.14. The number of hydrogen-bond acceptors (Lipinski definition) is 2. The summed E-state index contributed by atoms with van der Waals surface area (Å²) in [5, 5.41) is 4.50. The molecule has 3 unspecified atom stereocenters. The van der Waals surface area contributed by atoms with Crippen molar-refractivity contribution in [2.24, 2.45) is 11.8 Å². The quantitative estimate of drug-likeness (QED) is 0.750. The highest BCUT2D eigenvalue weighted by Crippen LogP contribution is 2.43. The summed E-state index contributed by atoms with van der Waals surface area (Å²) < 4.78 is 0. The molecule has 1 aromatic carbocycles. The maximum atomic E-state index is 3.67. The van der Waals surface area contributed by atoms with Crippen LogP contribution in [0.4, 0.5) is 0 Å². The van der Waals surface area contributed by atoms with Crippen LogP contribution in [0.1, 0.15) is 51.0 Å². The Labute approximate surface area is 134 Å². The molecule has 0 amide bonds. The summed E-state index contributed by atoms with van der Waals surface area (Å²) in [7, 11) is 0. The SMILES string of the molecule is CCCNCC1CCCCC1CC1Cc2ccccc2S1. The highest BCUT2D eigenvalue weighted by Gasteiger charge is 2.30. The van der Waals surface area contributed by atoms with Crippen molar-refractivity contribution in [2.45, 2.75) is 62.0 Å². The zero-order valence-corrected chi connectivity index (χ0v) is 14.1. The van der Waals surface area contributed by atoms with Crippen LogP contribution in [0.15, 0.2) is 29.2 Å². The summed E-state index contributed by atoms with van der Waals surface area (Å²) in [5.41, 5.74) is 1.59. The third-order valence-corrected chi connectivity index (χ3v) is 6.52. The van der Waals surface area contributed by atoms with Crippen LogP contribution in [0.3, 0.4) is 0 Å². The van der Waals surface area contributed by atoms with Gasteiger partial charge in [0.15, 0.2) is 0 Å². The molecule has 2 aliphatic rings. The second-order valence-electron chi connectivity index (χ2n) is 6.80. The minimum absolute atomic E-state index is 0.833. The monoisotopic (exact) mass is 303 g/mol. The number of thioether (sulfide) groups is 1. The van der Waals surface area contributed by atoms with Gasteiger partial charge in [-0.15, -0.1) is 11.8 Å². The molecule has 0 aromatic heterocycles. The minimum Gasteiger partial charge on any atom is -0.316 e. The van der Waals surface area contributed by atoms with Crippen LogP contribution >= 0.6 is 11.8 Å². The fourth-order valence-corrected chi connectivity index (χ4v) is 5.48. The van der Waals surface area contributed by atoms with E-state index in [-0.39, 0.29) is 0 Å². The van der Waals surface area contributed by atoms with Gasteiger partial charge in [0.1, 0.15) is 0 Å². The van der Waals surface area contributed by atoms with Crippen molar-refractivity contribution >= 4 is 11.8 Å². The Kier molecular flexibility index (Phi) is 5.65. The summed E-state index contributed by atoms with van der Waals surface area (Å²) in [6.07, 6.45) is 9.80. The van der Waals surface area contributed by atoms with E-state index in [9.17, 15) is 0 Å². The molecule has 1 aliphatic carbocycles. The molecule has 0 saturated heterocycles. The van der Waals surface area contributed by atoms with Gasteiger partial charge in [0.25, 0.3) is 0 Å². The topological polar surface area (TPSA) is 12.0 Å². The zero-order valence-electron chi connectivity index (χ0n) is 13.3. The standard InChI is InChI=1S/C19H29NS/c1-2-11-20-14-17-9-4-3-7-15(17)12-18-13-16-8-5-6-10-19(16)21-18/h5-6,8,10,15,17-18,20H,2-4,7,9,11-14H2,1H3. The summed E-state index contributed by atoms with van der Waals surface area (Å²) in [6.45, 7) is 4.70. The Hall–Kier alpha value is -0.470. The van der Waals surface area contributed by atoms with Crippen molar-refractivity contribution < 1.29 is 0 Å². The van der Waals surface area contributed by atoms with Gasteiger partial charge in [0.2, 0.25) is 0 Å². The van der Waals surface area contributed by atoms with Gasteiger partial charge in [0, 0.05) is 10.1 Å². The van der Waals surface area contributed by atoms with Crippen molar-refractivity contribution in [3.63, 3.8) is 0 Å². The van der Waals surface area contributed by atoms with Gasteiger partial charge in [-0.25, -0.2) is 0 Å². The summed E-state index contributed by atoms with van der Waals surface area (Å²) in [6, 6.07) is 9.01. The van der Waals surface area contributed by atoms with E-state index < -0.39 is 0 Å². The Morgan fingerprint density at radius 2 is 1.95 bits per heavy atom. The molecule has 0 bridgehead atoms. The van der Waals surface area contributed by atoms with E-state index in [0.29, 0.717) is 0 Å². The van der Waals surface area contributed by atoms with Crippen LogP contribution in [-0.4, -0.2) is 18.3 Å². The minimum atomic E-state index is 0.833. The molecule has 3 rings (SSSR count). The zero-order chi connectivity index (χ0) is 14.5. The van der Waals surface area contributed by atoms with Crippen molar-refractivity contribution in [1.29, 1.82) is 0 Å². The Morgan fingerprint density at radius 3 is 2.76 bits per heavy atom. The van der Waals surface area contributed by atoms with Crippen LogP contribution in [0.5, 0.6) is 0 Å². The highest BCUT2D eigenvalue weighted by molar-refractivity contribution is 8.00. The number of benzene rings is 1. The van der Waals surface area contributed by atoms with E-state index in [0.717, 1.165) is 17.1 Å². The van der Waals surface area contributed by atoms with Gasteiger partial charge in [-0.3, -0.25) is 0 Å². The lowest BCUT2D eigenvalue weighted by atomic mass is 9.76. The molecule has 2 heteroatoms. The number of rotatable bonds is 6. The van der Waals surface area contributed by atoms with Gasteiger partial charge < -0.3 is 5.32 Å². The second kappa shape index (κ2) is 7.69. The highest BCUT2D eigenvalue weighted by atomic mass is 32.2. The number of nitrogens with one attached hydrogen (secondary N) is 1. The van der Waals surface area contributed by atoms with Gasteiger partial charge in [-0.05, 0) is 62.2 Å². The number of hydrogen-bond donors (Lipinski definition) is 1. The van der Waals surface area contributed by atoms with Crippen molar-refractivity contribution in [2.75, 3.05) is 13.1 Å². The van der Waals surface area contributed by atoms with Crippen molar-refractivity contribution in [3.8, 4) is 0 Å². The molecule has 1 heterocycles. The Bertz CT molecular complexity index is 420. The summed E-state index contributed by atoms with van der Waals surface area (Å²) >= 11 is 2.14. The van der Waals surface area contributed by atoms with Gasteiger partial charge in [0.05, 0.1) is 0 Å². The van der Waals surface area contributed by atoms with E-state index >= 15 is 0 Å². The van der Waals surface area contributed by atoms with E-state index in [1.165, 1.54) is 58.0 Å². The van der Waals surface area contributed by atoms with Crippen LogP contribution in [0.2, 0.25) is 0 Å². The van der Waals surface area contributed by atoms with Crippen LogP contribution in [0.25, 0.3) is 0 Å². The predicted molar refractivity (Wildman–Crippen MR) is 93.0 cm³/mol. The molecular formula is C19H29NS. The average Bonchev–Trinajstić information content (AvgIpc) is 2.91. The van der Waals surface area contributed by atoms with Crippen LogP contribution < -0.4 is 5.32 Å². The lowest BCUT2D eigenvalue weighted by Gasteiger charge is -2.33.